The summed E-state index contributed by atoms with van der Waals surface area (Å²) in [6, 6.07) is 12.3. The lowest BCUT2D eigenvalue weighted by molar-refractivity contribution is -0.606. The van der Waals surface area contributed by atoms with Gasteiger partial charge in [-0.05, 0) is 25.7 Å². The number of aliphatic hydroxyl groups is 1. The maximum atomic E-state index is 12.8. The molecule has 0 atom stereocenters. The SMILES string of the molecule is O=C1O[C@]2(CC[C@](O)(C(=O)Nc3cc(-c4ccccc4)on3)CC2)c2c[n+]([O-])ccc21. The number of fused-ring (bicyclic) bond motifs is 2. The highest BCUT2D eigenvalue weighted by Gasteiger charge is 2.54. The highest BCUT2D eigenvalue weighted by Crippen LogP contribution is 2.48. The fourth-order valence-electron chi connectivity index (χ4n) is 4.28. The number of hydrogen-bond donors (Lipinski definition) is 2. The monoisotopic (exact) mass is 421 g/mol. The lowest BCUT2D eigenvalue weighted by Gasteiger charge is -2.39. The summed E-state index contributed by atoms with van der Waals surface area (Å²) in [6.07, 6.45) is 3.12. The number of benzene rings is 1. The zero-order valence-corrected chi connectivity index (χ0v) is 16.4. The van der Waals surface area contributed by atoms with Crippen LogP contribution in [-0.4, -0.2) is 27.7 Å². The van der Waals surface area contributed by atoms with Gasteiger partial charge in [0.1, 0.15) is 11.2 Å². The quantitative estimate of drug-likeness (QED) is 0.377. The predicted octanol–water partition coefficient (Wildman–Crippen LogP) is 2.28. The summed E-state index contributed by atoms with van der Waals surface area (Å²) >= 11 is 0. The number of rotatable bonds is 3. The van der Waals surface area contributed by atoms with E-state index in [1.54, 1.807) is 6.07 Å². The summed E-state index contributed by atoms with van der Waals surface area (Å²) in [5.41, 5.74) is -1.000. The molecule has 1 aliphatic carbocycles. The van der Waals surface area contributed by atoms with Gasteiger partial charge in [0.15, 0.2) is 24.0 Å². The Morgan fingerprint density at radius 1 is 1.16 bits per heavy atom. The van der Waals surface area contributed by atoms with Gasteiger partial charge in [0.2, 0.25) is 0 Å². The minimum absolute atomic E-state index is 0.0582. The van der Waals surface area contributed by atoms with E-state index in [0.717, 1.165) is 5.56 Å². The van der Waals surface area contributed by atoms with Crippen molar-refractivity contribution in [3.8, 4) is 11.3 Å². The molecule has 158 valence electrons. The molecule has 31 heavy (non-hydrogen) atoms. The van der Waals surface area contributed by atoms with Crippen molar-refractivity contribution in [2.24, 2.45) is 0 Å². The molecule has 0 saturated heterocycles. The van der Waals surface area contributed by atoms with E-state index in [2.05, 4.69) is 10.5 Å². The van der Waals surface area contributed by atoms with Crippen LogP contribution in [0.2, 0.25) is 0 Å². The number of ether oxygens (including phenoxy) is 1. The standard InChI is InChI=1S/C22H19N3O6/c26-19-15-6-11-25(29)13-16(15)22(30-19)9-7-21(28,8-10-22)20(27)23-18-12-17(31-24-18)14-4-2-1-3-5-14/h1-6,11-13,28H,7-10H2,(H,23,24,27)/t21-,22+. The normalized spacial score (nSPS) is 24.6. The second kappa shape index (κ2) is 6.92. The molecular formula is C22H19N3O6. The number of carbonyl (C=O) groups is 2. The third kappa shape index (κ3) is 3.23. The van der Waals surface area contributed by atoms with Gasteiger partial charge < -0.3 is 24.9 Å². The van der Waals surface area contributed by atoms with Crippen LogP contribution in [0.15, 0.2) is 59.4 Å². The first kappa shape index (κ1) is 19.3. The van der Waals surface area contributed by atoms with Gasteiger partial charge >= 0.3 is 5.97 Å². The second-order valence-electron chi connectivity index (χ2n) is 7.94. The molecule has 0 radical (unpaired) electrons. The van der Waals surface area contributed by atoms with E-state index in [9.17, 15) is 19.9 Å². The lowest BCUT2D eigenvalue weighted by atomic mass is 9.73. The number of carbonyl (C=O) groups excluding carboxylic acids is 2. The molecule has 9 heteroatoms. The van der Waals surface area contributed by atoms with Crippen LogP contribution in [-0.2, 0) is 15.1 Å². The first-order valence-corrected chi connectivity index (χ1v) is 9.91. The maximum absolute atomic E-state index is 12.8. The second-order valence-corrected chi connectivity index (χ2v) is 7.94. The molecule has 1 aliphatic heterocycles. The van der Waals surface area contributed by atoms with Crippen molar-refractivity contribution in [3.05, 3.63) is 71.2 Å². The topological polar surface area (TPSA) is 129 Å². The zero-order chi connectivity index (χ0) is 21.6. The van der Waals surface area contributed by atoms with Gasteiger partial charge in [0.05, 0.1) is 11.1 Å². The van der Waals surface area contributed by atoms with Gasteiger partial charge in [-0.2, -0.15) is 4.73 Å². The van der Waals surface area contributed by atoms with Gasteiger partial charge in [-0.3, -0.25) is 4.79 Å². The Morgan fingerprint density at radius 2 is 1.90 bits per heavy atom. The number of aromatic nitrogens is 2. The fourth-order valence-corrected chi connectivity index (χ4v) is 4.28. The van der Waals surface area contributed by atoms with E-state index < -0.39 is 23.1 Å². The molecule has 3 heterocycles. The van der Waals surface area contributed by atoms with Gasteiger partial charge in [-0.25, -0.2) is 4.79 Å². The zero-order valence-electron chi connectivity index (χ0n) is 16.4. The van der Waals surface area contributed by atoms with Crippen molar-refractivity contribution in [3.63, 3.8) is 0 Å². The number of hydrogen-bond acceptors (Lipinski definition) is 7. The minimum atomic E-state index is -1.66. The average Bonchev–Trinajstić information content (AvgIpc) is 3.34. The number of pyridine rings is 1. The maximum Gasteiger partial charge on any atom is 0.339 e. The Balaban J connectivity index is 1.30. The smallest absolute Gasteiger partial charge is 0.339 e. The van der Waals surface area contributed by atoms with Crippen molar-refractivity contribution < 1.29 is 28.7 Å². The van der Waals surface area contributed by atoms with Crippen LogP contribution in [0.5, 0.6) is 0 Å². The summed E-state index contributed by atoms with van der Waals surface area (Å²) in [6.45, 7) is 0. The fraction of sp³-hybridized carbons (Fsp3) is 0.273. The van der Waals surface area contributed by atoms with Gasteiger partial charge in [0, 0.05) is 17.7 Å². The molecule has 2 N–H and O–H groups in total. The van der Waals surface area contributed by atoms with Gasteiger partial charge in [0.25, 0.3) is 5.91 Å². The van der Waals surface area contributed by atoms with Crippen LogP contribution < -0.4 is 10.0 Å². The number of esters is 1. The molecule has 9 nitrogen and oxygen atoms in total. The van der Waals surface area contributed by atoms with Gasteiger partial charge in [-0.15, -0.1) is 0 Å². The Bertz CT molecular complexity index is 1160. The lowest BCUT2D eigenvalue weighted by Crippen LogP contribution is -2.49. The first-order chi connectivity index (χ1) is 14.9. The Labute approximate surface area is 176 Å². The molecule has 1 saturated carbocycles. The molecule has 1 aromatic carbocycles. The molecule has 3 aromatic rings. The molecule has 1 fully saturated rings. The van der Waals surface area contributed by atoms with E-state index in [0.29, 0.717) is 21.6 Å². The molecule has 2 aliphatic rings. The molecule has 0 bridgehead atoms. The van der Waals surface area contributed by atoms with Crippen LogP contribution in [0.3, 0.4) is 0 Å². The molecule has 5 rings (SSSR count). The van der Waals surface area contributed by atoms with Crippen LogP contribution in [0.4, 0.5) is 5.82 Å². The highest BCUT2D eigenvalue weighted by molar-refractivity contribution is 5.97. The van der Waals surface area contributed by atoms with E-state index in [1.807, 2.05) is 30.3 Å². The molecular weight excluding hydrogens is 402 g/mol. The van der Waals surface area contributed by atoms with E-state index in [4.69, 9.17) is 9.26 Å². The van der Waals surface area contributed by atoms with Crippen LogP contribution in [0, 0.1) is 5.21 Å². The van der Waals surface area contributed by atoms with Crippen LogP contribution in [0.25, 0.3) is 11.3 Å². The highest BCUT2D eigenvalue weighted by atomic mass is 16.6. The summed E-state index contributed by atoms with van der Waals surface area (Å²) in [4.78, 5) is 25.0. The summed E-state index contributed by atoms with van der Waals surface area (Å²) < 4.78 is 11.5. The predicted molar refractivity (Wildman–Crippen MR) is 106 cm³/mol. The third-order valence-corrected chi connectivity index (χ3v) is 6.05. The van der Waals surface area contributed by atoms with Crippen molar-refractivity contribution in [2.45, 2.75) is 36.9 Å². The molecule has 2 aromatic heterocycles. The Kier molecular flexibility index (Phi) is 4.30. The van der Waals surface area contributed by atoms with Crippen molar-refractivity contribution in [2.75, 3.05) is 5.32 Å². The van der Waals surface area contributed by atoms with E-state index in [-0.39, 0.29) is 31.5 Å². The van der Waals surface area contributed by atoms with Gasteiger partial charge in [-0.1, -0.05) is 35.5 Å². The largest absolute Gasteiger partial charge is 0.619 e. The number of nitrogens with one attached hydrogen (secondary N) is 1. The Hall–Kier alpha value is -3.72. The van der Waals surface area contributed by atoms with Crippen molar-refractivity contribution in [1.29, 1.82) is 0 Å². The van der Waals surface area contributed by atoms with E-state index >= 15 is 0 Å². The Morgan fingerprint density at radius 3 is 2.65 bits per heavy atom. The molecule has 1 amide bonds. The first-order valence-electron chi connectivity index (χ1n) is 9.91. The average molecular weight is 421 g/mol. The number of amides is 1. The minimum Gasteiger partial charge on any atom is -0.619 e. The number of anilines is 1. The van der Waals surface area contributed by atoms with Crippen LogP contribution in [0.1, 0.15) is 41.6 Å². The van der Waals surface area contributed by atoms with E-state index in [1.165, 1.54) is 18.5 Å². The molecule has 1 spiro atoms. The van der Waals surface area contributed by atoms with Crippen LogP contribution >= 0.6 is 0 Å². The number of nitrogens with zero attached hydrogens (tertiary/aromatic N) is 2. The van der Waals surface area contributed by atoms with Crippen molar-refractivity contribution >= 4 is 17.7 Å². The summed E-state index contributed by atoms with van der Waals surface area (Å²) in [5.74, 6) is -0.415. The summed E-state index contributed by atoms with van der Waals surface area (Å²) in [5, 5.41) is 29.1. The molecule has 0 unspecified atom stereocenters. The van der Waals surface area contributed by atoms with Crippen molar-refractivity contribution in [1.82, 2.24) is 5.16 Å². The summed E-state index contributed by atoms with van der Waals surface area (Å²) in [7, 11) is 0. The third-order valence-electron chi connectivity index (χ3n) is 6.05.